The smallest absolute Gasteiger partial charge is 0.312 e. The van der Waals surface area contributed by atoms with Gasteiger partial charge in [0.15, 0.2) is 17.0 Å². The van der Waals surface area contributed by atoms with Gasteiger partial charge in [-0.3, -0.25) is 4.79 Å². The van der Waals surface area contributed by atoms with E-state index in [0.29, 0.717) is 11.6 Å². The largest absolute Gasteiger partial charge is 0.462 e. The van der Waals surface area contributed by atoms with E-state index in [1.807, 2.05) is 24.3 Å². The predicted octanol–water partition coefficient (Wildman–Crippen LogP) is 2.01. The molecule has 0 saturated carbocycles. The molecule has 0 bridgehead atoms. The highest BCUT2D eigenvalue weighted by Crippen LogP contribution is 2.38. The minimum atomic E-state index is -0.979. The maximum Gasteiger partial charge on any atom is 0.312 e. The molecular formula is C18H16FIN6O3. The first-order valence-corrected chi connectivity index (χ1v) is 9.70. The van der Waals surface area contributed by atoms with Crippen molar-refractivity contribution in [1.82, 2.24) is 19.5 Å². The summed E-state index contributed by atoms with van der Waals surface area (Å²) in [6.07, 6.45) is 0.549. The van der Waals surface area contributed by atoms with Gasteiger partial charge in [-0.05, 0) is 34.2 Å². The number of halogens is 2. The molecule has 4 rings (SSSR count). The molecular weight excluding hydrogens is 494 g/mol. The van der Waals surface area contributed by atoms with Crippen LogP contribution in [0.5, 0.6) is 0 Å². The molecule has 1 aliphatic rings. The summed E-state index contributed by atoms with van der Waals surface area (Å²) in [6, 6.07) is 7.69. The summed E-state index contributed by atoms with van der Waals surface area (Å²) >= 11 is 2.22. The number of hydrogen-bond donors (Lipinski definition) is 2. The fourth-order valence-electron chi connectivity index (χ4n) is 3.21. The average molecular weight is 510 g/mol. The summed E-state index contributed by atoms with van der Waals surface area (Å²) in [4.78, 5) is 23.5. The van der Waals surface area contributed by atoms with Gasteiger partial charge in [-0.2, -0.15) is 14.4 Å². The lowest BCUT2D eigenvalue weighted by molar-refractivity contribution is -0.118. The van der Waals surface area contributed by atoms with Crippen LogP contribution in [0.1, 0.15) is 23.7 Å². The zero-order valence-electron chi connectivity index (χ0n) is 15.0. The number of benzene rings is 1. The second kappa shape index (κ2) is 7.81. The Balaban J connectivity index is 1.97. The highest BCUT2D eigenvalue weighted by molar-refractivity contribution is 14.1. The number of rotatable bonds is 6. The van der Waals surface area contributed by atoms with Gasteiger partial charge in [0.05, 0.1) is 0 Å². The van der Waals surface area contributed by atoms with Gasteiger partial charge in [0.25, 0.3) is 0 Å². The van der Waals surface area contributed by atoms with E-state index in [1.54, 1.807) is 4.57 Å². The minimum absolute atomic E-state index is 0.0129. The normalized spacial score (nSPS) is 14.3. The van der Waals surface area contributed by atoms with Crippen LogP contribution in [0.2, 0.25) is 0 Å². The predicted molar refractivity (Wildman–Crippen MR) is 110 cm³/mol. The van der Waals surface area contributed by atoms with Gasteiger partial charge in [0, 0.05) is 16.5 Å². The Bertz CT molecular complexity index is 1130. The first-order chi connectivity index (χ1) is 14.0. The molecule has 3 aromatic rings. The van der Waals surface area contributed by atoms with E-state index in [9.17, 15) is 9.18 Å². The second-order valence-electron chi connectivity index (χ2n) is 6.29. The molecule has 9 nitrogen and oxygen atoms in total. The van der Waals surface area contributed by atoms with Crippen molar-refractivity contribution >= 4 is 45.5 Å². The number of anilines is 1. The number of ether oxygens (including phenoxy) is 2. The lowest BCUT2D eigenvalue weighted by Gasteiger charge is -2.19. The minimum Gasteiger partial charge on any atom is -0.462 e. The molecule has 1 atom stereocenters. The fraction of sp³-hybridized carbons (Fsp3) is 0.222. The van der Waals surface area contributed by atoms with Gasteiger partial charge in [-0.1, -0.05) is 18.2 Å². The van der Waals surface area contributed by atoms with E-state index < -0.39 is 17.9 Å². The van der Waals surface area contributed by atoms with E-state index in [1.165, 1.54) is 6.26 Å². The maximum atomic E-state index is 13.9. The van der Waals surface area contributed by atoms with Crippen LogP contribution in [-0.4, -0.2) is 32.2 Å². The average Bonchev–Trinajstić information content (AvgIpc) is 3.31. The van der Waals surface area contributed by atoms with Crippen molar-refractivity contribution in [1.29, 1.82) is 0 Å². The monoisotopic (exact) mass is 510 g/mol. The van der Waals surface area contributed by atoms with Crippen molar-refractivity contribution in [3.63, 3.8) is 0 Å². The number of allylic oxidation sites excluding steroid dienone is 1. The molecule has 1 aliphatic heterocycles. The molecule has 2 aromatic heterocycles. The van der Waals surface area contributed by atoms with Crippen molar-refractivity contribution in [2.75, 3.05) is 12.5 Å². The molecule has 0 radical (unpaired) electrons. The number of nitrogens with two attached hydrogens (primary N) is 2. The Morgan fingerprint density at radius 1 is 1.31 bits per heavy atom. The molecule has 0 saturated heterocycles. The summed E-state index contributed by atoms with van der Waals surface area (Å²) in [5.41, 5.74) is 12.5. The number of hydrogen-bond acceptors (Lipinski definition) is 7. The zero-order chi connectivity index (χ0) is 20.5. The third-order valence-electron chi connectivity index (χ3n) is 4.46. The van der Waals surface area contributed by atoms with E-state index >= 15 is 0 Å². The van der Waals surface area contributed by atoms with Crippen LogP contribution in [0.4, 0.5) is 10.2 Å². The Labute approximate surface area is 178 Å². The van der Waals surface area contributed by atoms with E-state index in [4.69, 9.17) is 20.9 Å². The van der Waals surface area contributed by atoms with E-state index in [2.05, 4.69) is 37.5 Å². The number of primary amides is 1. The third kappa shape index (κ3) is 3.69. The summed E-state index contributed by atoms with van der Waals surface area (Å²) in [5, 5.41) is 0. The van der Waals surface area contributed by atoms with Gasteiger partial charge < -0.3 is 25.5 Å². The molecule has 1 amide bonds. The highest BCUT2D eigenvalue weighted by Gasteiger charge is 2.32. The number of aryl methyl sites for hydroxylation is 1. The van der Waals surface area contributed by atoms with Crippen LogP contribution in [0.15, 0.2) is 36.3 Å². The zero-order valence-corrected chi connectivity index (χ0v) is 17.2. The third-order valence-corrected chi connectivity index (χ3v) is 5.44. The summed E-state index contributed by atoms with van der Waals surface area (Å²) in [6.45, 7) is 0.221. The van der Waals surface area contributed by atoms with Crippen LogP contribution in [-0.2, 0) is 20.8 Å². The molecule has 1 aromatic carbocycles. The number of carbonyl (C=O) groups excluding carboxylic acids is 1. The number of nitrogen functional groups attached to an aromatic ring is 1. The second-order valence-corrected chi connectivity index (χ2v) is 7.45. The lowest BCUT2D eigenvalue weighted by atomic mass is 9.96. The molecule has 0 fully saturated rings. The number of aromatic nitrogens is 4. The van der Waals surface area contributed by atoms with Crippen molar-refractivity contribution in [3.8, 4) is 0 Å². The standard InChI is InChI=1S/C18H16FIN6O3/c19-18-24-15(22)14-17(25-18)26(6-5-12(21)27)16(23-14)13(11-7-28-8-29-11)9-3-1-2-4-10(9)20/h1-4,7,13H,5-6,8H2,(H2,21,27)(H2,22,24,25). The Kier molecular flexibility index (Phi) is 5.22. The molecule has 0 aliphatic carbocycles. The fourth-order valence-corrected chi connectivity index (χ4v) is 3.91. The molecule has 4 N–H and O–H groups in total. The number of imidazole rings is 1. The Morgan fingerprint density at radius 2 is 2.10 bits per heavy atom. The van der Waals surface area contributed by atoms with E-state index in [-0.39, 0.29) is 36.7 Å². The summed E-state index contributed by atoms with van der Waals surface area (Å²) in [7, 11) is 0. The molecule has 150 valence electrons. The van der Waals surface area contributed by atoms with Gasteiger partial charge in [0.2, 0.25) is 12.7 Å². The van der Waals surface area contributed by atoms with Crippen LogP contribution < -0.4 is 11.5 Å². The number of carbonyl (C=O) groups is 1. The first kappa shape index (κ1) is 19.4. The maximum absolute atomic E-state index is 13.9. The van der Waals surface area contributed by atoms with Crippen LogP contribution in [0.3, 0.4) is 0 Å². The van der Waals surface area contributed by atoms with Gasteiger partial charge in [-0.15, -0.1) is 0 Å². The Hall–Kier alpha value is -2.96. The number of fused-ring (bicyclic) bond motifs is 1. The molecule has 3 heterocycles. The lowest BCUT2D eigenvalue weighted by Crippen LogP contribution is -2.18. The van der Waals surface area contributed by atoms with E-state index in [0.717, 1.165) is 9.13 Å². The SMILES string of the molecule is NC(=O)CCn1c(C(C2=COCO2)c2ccccc2I)nc2c(N)nc(F)nc21. The van der Waals surface area contributed by atoms with Crippen molar-refractivity contribution in [2.24, 2.45) is 5.73 Å². The quantitative estimate of drug-likeness (QED) is 0.383. The number of nitrogens with zero attached hydrogens (tertiary/aromatic N) is 4. The number of amides is 1. The van der Waals surface area contributed by atoms with Crippen molar-refractivity contribution in [2.45, 2.75) is 18.9 Å². The van der Waals surface area contributed by atoms with Crippen LogP contribution in [0.25, 0.3) is 11.2 Å². The van der Waals surface area contributed by atoms with Crippen molar-refractivity contribution < 1.29 is 18.7 Å². The van der Waals surface area contributed by atoms with Gasteiger partial charge >= 0.3 is 6.08 Å². The molecule has 0 spiro atoms. The van der Waals surface area contributed by atoms with Crippen LogP contribution in [0, 0.1) is 9.65 Å². The summed E-state index contributed by atoms with van der Waals surface area (Å²) in [5.74, 6) is -0.0999. The highest BCUT2D eigenvalue weighted by atomic mass is 127. The van der Waals surface area contributed by atoms with Crippen molar-refractivity contribution in [3.05, 3.63) is 57.3 Å². The Morgan fingerprint density at radius 3 is 2.79 bits per heavy atom. The molecule has 1 unspecified atom stereocenters. The van der Waals surface area contributed by atoms with Crippen LogP contribution >= 0.6 is 22.6 Å². The molecule has 11 heteroatoms. The van der Waals surface area contributed by atoms with Gasteiger partial charge in [-0.25, -0.2) is 4.98 Å². The van der Waals surface area contributed by atoms with Gasteiger partial charge in [0.1, 0.15) is 23.8 Å². The molecule has 29 heavy (non-hydrogen) atoms. The summed E-state index contributed by atoms with van der Waals surface area (Å²) < 4.78 is 27.4. The topological polar surface area (TPSA) is 131 Å². The first-order valence-electron chi connectivity index (χ1n) is 8.62.